The minimum atomic E-state index is -0.222. The molecule has 16 heavy (non-hydrogen) atoms. The SMILES string of the molecule is CC(C)C(C)NC(=O)c1cc(N)ncc1Cl. The van der Waals surface area contributed by atoms with Crippen molar-refractivity contribution in [2.45, 2.75) is 26.8 Å². The first-order valence-corrected chi connectivity index (χ1v) is 5.51. The number of nitrogens with zero attached hydrogens (tertiary/aromatic N) is 1. The largest absolute Gasteiger partial charge is 0.384 e. The Kier molecular flexibility index (Phi) is 4.12. The van der Waals surface area contributed by atoms with Crippen LogP contribution in [0.4, 0.5) is 5.82 Å². The molecule has 1 heterocycles. The smallest absolute Gasteiger partial charge is 0.253 e. The number of anilines is 1. The Morgan fingerprint density at radius 3 is 2.69 bits per heavy atom. The fourth-order valence-corrected chi connectivity index (χ4v) is 1.27. The highest BCUT2D eigenvalue weighted by molar-refractivity contribution is 6.33. The van der Waals surface area contributed by atoms with Crippen LogP contribution in [-0.4, -0.2) is 16.9 Å². The van der Waals surface area contributed by atoms with Crippen LogP contribution in [0.1, 0.15) is 31.1 Å². The molecule has 0 saturated heterocycles. The highest BCUT2D eigenvalue weighted by Crippen LogP contribution is 2.16. The zero-order chi connectivity index (χ0) is 12.3. The van der Waals surface area contributed by atoms with Gasteiger partial charge in [-0.15, -0.1) is 0 Å². The maximum Gasteiger partial charge on any atom is 0.253 e. The molecule has 5 heteroatoms. The molecule has 0 radical (unpaired) electrons. The maximum absolute atomic E-state index is 11.9. The summed E-state index contributed by atoms with van der Waals surface area (Å²) in [5.41, 5.74) is 5.87. The number of halogens is 1. The Morgan fingerprint density at radius 2 is 2.12 bits per heavy atom. The van der Waals surface area contributed by atoms with Crippen LogP contribution in [0.2, 0.25) is 5.02 Å². The summed E-state index contributed by atoms with van der Waals surface area (Å²) >= 11 is 5.88. The molecule has 0 aromatic carbocycles. The maximum atomic E-state index is 11.9. The summed E-state index contributed by atoms with van der Waals surface area (Å²) in [5.74, 6) is 0.425. The molecule has 0 aliphatic rings. The van der Waals surface area contributed by atoms with E-state index in [4.69, 9.17) is 17.3 Å². The van der Waals surface area contributed by atoms with Crippen LogP contribution in [0, 0.1) is 5.92 Å². The molecule has 0 saturated carbocycles. The Bertz CT molecular complexity index is 393. The second-order valence-corrected chi connectivity index (χ2v) is 4.50. The van der Waals surface area contributed by atoms with Gasteiger partial charge in [-0.25, -0.2) is 4.98 Å². The normalized spacial score (nSPS) is 12.6. The Balaban J connectivity index is 2.84. The average molecular weight is 242 g/mol. The van der Waals surface area contributed by atoms with Gasteiger partial charge in [0, 0.05) is 12.2 Å². The van der Waals surface area contributed by atoms with Crippen molar-refractivity contribution in [3.05, 3.63) is 22.8 Å². The molecule has 1 unspecified atom stereocenters. The quantitative estimate of drug-likeness (QED) is 0.852. The third-order valence-corrected chi connectivity index (χ3v) is 2.78. The van der Waals surface area contributed by atoms with E-state index in [0.717, 1.165) is 0 Å². The average Bonchev–Trinajstić information content (AvgIpc) is 2.21. The van der Waals surface area contributed by atoms with Gasteiger partial charge in [0.1, 0.15) is 5.82 Å². The van der Waals surface area contributed by atoms with E-state index in [1.807, 2.05) is 20.8 Å². The van der Waals surface area contributed by atoms with Gasteiger partial charge in [-0.2, -0.15) is 0 Å². The number of aromatic nitrogens is 1. The Morgan fingerprint density at radius 1 is 1.50 bits per heavy atom. The second kappa shape index (κ2) is 5.16. The van der Waals surface area contributed by atoms with Crippen molar-refractivity contribution < 1.29 is 4.79 Å². The third kappa shape index (κ3) is 3.10. The molecule has 0 fully saturated rings. The van der Waals surface area contributed by atoms with E-state index in [2.05, 4.69) is 10.3 Å². The third-order valence-electron chi connectivity index (χ3n) is 2.48. The molecule has 0 aliphatic heterocycles. The van der Waals surface area contributed by atoms with E-state index in [1.54, 1.807) is 0 Å². The number of nitrogen functional groups attached to an aromatic ring is 1. The van der Waals surface area contributed by atoms with Gasteiger partial charge in [0.15, 0.2) is 0 Å². The molecule has 0 aliphatic carbocycles. The van der Waals surface area contributed by atoms with E-state index < -0.39 is 0 Å². The molecular formula is C11H16ClN3O. The lowest BCUT2D eigenvalue weighted by Crippen LogP contribution is -2.36. The summed E-state index contributed by atoms with van der Waals surface area (Å²) in [6.07, 6.45) is 1.38. The number of amides is 1. The van der Waals surface area contributed by atoms with Gasteiger partial charge in [-0.1, -0.05) is 25.4 Å². The molecule has 1 aromatic rings. The van der Waals surface area contributed by atoms with Gasteiger partial charge in [0.25, 0.3) is 5.91 Å². The summed E-state index contributed by atoms with van der Waals surface area (Å²) in [6, 6.07) is 1.56. The summed E-state index contributed by atoms with van der Waals surface area (Å²) in [6.45, 7) is 6.02. The topological polar surface area (TPSA) is 68.0 Å². The minimum absolute atomic E-state index is 0.0814. The summed E-state index contributed by atoms with van der Waals surface area (Å²) in [5, 5.41) is 3.16. The van der Waals surface area contributed by atoms with Crippen LogP contribution in [0.5, 0.6) is 0 Å². The molecule has 3 N–H and O–H groups in total. The van der Waals surface area contributed by atoms with Gasteiger partial charge in [0.05, 0.1) is 10.6 Å². The van der Waals surface area contributed by atoms with Crippen LogP contribution >= 0.6 is 11.6 Å². The standard InChI is InChI=1S/C11H16ClN3O/c1-6(2)7(3)15-11(16)8-4-10(13)14-5-9(8)12/h4-7H,1-3H3,(H2,13,14)(H,15,16). The lowest BCUT2D eigenvalue weighted by molar-refractivity contribution is 0.0930. The zero-order valence-electron chi connectivity index (χ0n) is 9.62. The monoisotopic (exact) mass is 241 g/mol. The van der Waals surface area contributed by atoms with Gasteiger partial charge >= 0.3 is 0 Å². The van der Waals surface area contributed by atoms with Crippen molar-refractivity contribution in [3.8, 4) is 0 Å². The van der Waals surface area contributed by atoms with Crippen LogP contribution in [0.15, 0.2) is 12.3 Å². The second-order valence-electron chi connectivity index (χ2n) is 4.10. The number of nitrogens with one attached hydrogen (secondary N) is 1. The van der Waals surface area contributed by atoms with E-state index in [9.17, 15) is 4.79 Å². The van der Waals surface area contributed by atoms with Crippen LogP contribution in [0.25, 0.3) is 0 Å². The molecule has 1 amide bonds. The van der Waals surface area contributed by atoms with E-state index in [1.165, 1.54) is 12.3 Å². The predicted octanol–water partition coefficient (Wildman–Crippen LogP) is 2.09. The number of hydrogen-bond acceptors (Lipinski definition) is 3. The number of nitrogens with two attached hydrogens (primary N) is 1. The minimum Gasteiger partial charge on any atom is -0.384 e. The van der Waals surface area contributed by atoms with E-state index in [0.29, 0.717) is 16.5 Å². The molecular weight excluding hydrogens is 226 g/mol. The van der Waals surface area contributed by atoms with Crippen molar-refractivity contribution in [2.75, 3.05) is 5.73 Å². The van der Waals surface area contributed by atoms with Gasteiger partial charge in [-0.05, 0) is 18.9 Å². The molecule has 0 spiro atoms. The van der Waals surface area contributed by atoms with Crippen molar-refractivity contribution >= 4 is 23.3 Å². The number of rotatable bonds is 3. The molecule has 1 rings (SSSR count). The van der Waals surface area contributed by atoms with Gasteiger partial charge < -0.3 is 11.1 Å². The van der Waals surface area contributed by atoms with Gasteiger partial charge in [0.2, 0.25) is 0 Å². The van der Waals surface area contributed by atoms with Crippen molar-refractivity contribution in [3.63, 3.8) is 0 Å². The van der Waals surface area contributed by atoms with Crippen LogP contribution in [-0.2, 0) is 0 Å². The van der Waals surface area contributed by atoms with Crippen molar-refractivity contribution in [1.82, 2.24) is 10.3 Å². The summed E-state index contributed by atoms with van der Waals surface area (Å²) in [4.78, 5) is 15.7. The van der Waals surface area contributed by atoms with Crippen molar-refractivity contribution in [1.29, 1.82) is 0 Å². The van der Waals surface area contributed by atoms with E-state index in [-0.39, 0.29) is 17.8 Å². The summed E-state index contributed by atoms with van der Waals surface area (Å²) < 4.78 is 0. The first-order valence-electron chi connectivity index (χ1n) is 5.13. The molecule has 1 atom stereocenters. The predicted molar refractivity (Wildman–Crippen MR) is 65.4 cm³/mol. The molecule has 1 aromatic heterocycles. The lowest BCUT2D eigenvalue weighted by atomic mass is 10.1. The lowest BCUT2D eigenvalue weighted by Gasteiger charge is -2.17. The highest BCUT2D eigenvalue weighted by Gasteiger charge is 2.15. The zero-order valence-corrected chi connectivity index (χ0v) is 10.4. The Labute approximate surface area is 100 Å². The number of carbonyl (C=O) groups excluding carboxylic acids is 1. The number of hydrogen-bond donors (Lipinski definition) is 2. The molecule has 0 bridgehead atoms. The number of carbonyl (C=O) groups is 1. The van der Waals surface area contributed by atoms with Crippen LogP contribution in [0.3, 0.4) is 0 Å². The number of pyridine rings is 1. The Hall–Kier alpha value is -1.29. The molecule has 88 valence electrons. The summed E-state index contributed by atoms with van der Waals surface area (Å²) in [7, 11) is 0. The first-order chi connectivity index (χ1) is 7.41. The van der Waals surface area contributed by atoms with E-state index >= 15 is 0 Å². The van der Waals surface area contributed by atoms with Gasteiger partial charge in [-0.3, -0.25) is 4.79 Å². The fraction of sp³-hybridized carbons (Fsp3) is 0.455. The highest BCUT2D eigenvalue weighted by atomic mass is 35.5. The fourth-order valence-electron chi connectivity index (χ4n) is 1.08. The first kappa shape index (κ1) is 12.8. The van der Waals surface area contributed by atoms with Crippen molar-refractivity contribution in [2.24, 2.45) is 5.92 Å². The van der Waals surface area contributed by atoms with Crippen LogP contribution < -0.4 is 11.1 Å². The molecule has 4 nitrogen and oxygen atoms in total.